The lowest BCUT2D eigenvalue weighted by molar-refractivity contribution is 0.181. The summed E-state index contributed by atoms with van der Waals surface area (Å²) in [5, 5.41) is 0. The predicted molar refractivity (Wildman–Crippen MR) is 101 cm³/mol. The lowest BCUT2D eigenvalue weighted by Crippen LogP contribution is -2.48. The zero-order valence-electron chi connectivity index (χ0n) is 15.2. The van der Waals surface area contributed by atoms with Crippen molar-refractivity contribution in [2.75, 3.05) is 26.2 Å². The molecule has 1 aliphatic rings. The van der Waals surface area contributed by atoms with Gasteiger partial charge in [0.15, 0.2) is 0 Å². The molecule has 0 bridgehead atoms. The molecule has 0 unspecified atom stereocenters. The highest BCUT2D eigenvalue weighted by molar-refractivity contribution is 7.89. The maximum Gasteiger partial charge on any atom is 0.243 e. The van der Waals surface area contributed by atoms with Crippen molar-refractivity contribution in [3.63, 3.8) is 0 Å². The molecule has 5 heteroatoms. The lowest BCUT2D eigenvalue weighted by atomic mass is 10.1. The number of hydrogen-bond donors (Lipinski definition) is 0. The van der Waals surface area contributed by atoms with Crippen molar-refractivity contribution in [3.8, 4) is 0 Å². The lowest BCUT2D eigenvalue weighted by Gasteiger charge is -2.34. The molecule has 0 aromatic heterocycles. The van der Waals surface area contributed by atoms with Crippen LogP contribution in [-0.2, 0) is 16.6 Å². The van der Waals surface area contributed by atoms with Crippen LogP contribution in [-0.4, -0.2) is 43.8 Å². The molecule has 0 atom stereocenters. The van der Waals surface area contributed by atoms with E-state index in [-0.39, 0.29) is 0 Å². The third kappa shape index (κ3) is 4.11. The van der Waals surface area contributed by atoms with Crippen molar-refractivity contribution in [1.82, 2.24) is 9.21 Å². The molecule has 0 N–H and O–H groups in total. The molecule has 134 valence electrons. The van der Waals surface area contributed by atoms with Gasteiger partial charge in [0, 0.05) is 32.7 Å². The van der Waals surface area contributed by atoms with E-state index in [0.29, 0.717) is 18.0 Å². The minimum Gasteiger partial charge on any atom is -0.296 e. The molecule has 2 aromatic carbocycles. The molecule has 1 fully saturated rings. The van der Waals surface area contributed by atoms with Crippen LogP contribution in [0.15, 0.2) is 47.4 Å². The van der Waals surface area contributed by atoms with Crippen LogP contribution in [0.25, 0.3) is 0 Å². The van der Waals surface area contributed by atoms with Gasteiger partial charge in [-0.25, -0.2) is 8.42 Å². The van der Waals surface area contributed by atoms with Crippen LogP contribution in [0.2, 0.25) is 0 Å². The van der Waals surface area contributed by atoms with Gasteiger partial charge in [0.1, 0.15) is 0 Å². The van der Waals surface area contributed by atoms with E-state index in [1.807, 2.05) is 13.0 Å². The third-order valence-corrected chi connectivity index (χ3v) is 6.75. The molecular formula is C20H26N2O2S. The van der Waals surface area contributed by atoms with Crippen molar-refractivity contribution in [1.29, 1.82) is 0 Å². The highest BCUT2D eigenvalue weighted by Gasteiger charge is 2.28. The first-order valence-electron chi connectivity index (χ1n) is 8.71. The Bertz CT molecular complexity index is 854. The van der Waals surface area contributed by atoms with E-state index in [9.17, 15) is 8.42 Å². The number of hydrogen-bond acceptors (Lipinski definition) is 3. The van der Waals surface area contributed by atoms with Gasteiger partial charge >= 0.3 is 0 Å². The molecule has 0 aliphatic carbocycles. The van der Waals surface area contributed by atoms with Crippen molar-refractivity contribution in [2.45, 2.75) is 32.2 Å². The van der Waals surface area contributed by atoms with E-state index in [2.05, 4.69) is 36.9 Å². The summed E-state index contributed by atoms with van der Waals surface area (Å²) in [4.78, 5) is 2.74. The van der Waals surface area contributed by atoms with Crippen molar-refractivity contribution in [2.24, 2.45) is 0 Å². The van der Waals surface area contributed by atoms with Crippen LogP contribution in [0.3, 0.4) is 0 Å². The number of aryl methyl sites for hydroxylation is 3. The largest absolute Gasteiger partial charge is 0.296 e. The second-order valence-electron chi connectivity index (χ2n) is 6.93. The number of rotatable bonds is 4. The summed E-state index contributed by atoms with van der Waals surface area (Å²) in [6.45, 7) is 9.65. The summed E-state index contributed by atoms with van der Waals surface area (Å²) < 4.78 is 27.2. The molecule has 4 nitrogen and oxygen atoms in total. The maximum atomic E-state index is 12.8. The van der Waals surface area contributed by atoms with E-state index in [1.165, 1.54) is 16.7 Å². The molecule has 2 aromatic rings. The minimum atomic E-state index is -3.39. The second-order valence-corrected chi connectivity index (χ2v) is 8.86. The van der Waals surface area contributed by atoms with Gasteiger partial charge in [0.05, 0.1) is 4.90 Å². The Kier molecular flexibility index (Phi) is 5.27. The standard InChI is InChI=1S/C20H26N2O2S/c1-16-5-4-6-20(14-16)25(23,24)22-11-9-21(10-12-22)15-19-13-17(2)7-8-18(19)3/h4-8,13-14H,9-12,15H2,1-3H3. The van der Waals surface area contributed by atoms with E-state index in [1.54, 1.807) is 22.5 Å². The molecule has 0 spiro atoms. The summed E-state index contributed by atoms with van der Waals surface area (Å²) in [6, 6.07) is 13.7. The molecule has 3 rings (SSSR count). The first kappa shape index (κ1) is 18.1. The first-order valence-corrected chi connectivity index (χ1v) is 10.2. The Labute approximate surface area is 151 Å². The molecule has 0 radical (unpaired) electrons. The van der Waals surface area contributed by atoms with E-state index in [0.717, 1.165) is 25.2 Å². The van der Waals surface area contributed by atoms with Gasteiger partial charge in [-0.3, -0.25) is 4.90 Å². The Balaban J connectivity index is 1.66. The average molecular weight is 359 g/mol. The van der Waals surface area contributed by atoms with Crippen molar-refractivity contribution >= 4 is 10.0 Å². The van der Waals surface area contributed by atoms with E-state index >= 15 is 0 Å². The average Bonchev–Trinajstić information content (AvgIpc) is 2.59. The van der Waals surface area contributed by atoms with E-state index < -0.39 is 10.0 Å². The minimum absolute atomic E-state index is 0.399. The second kappa shape index (κ2) is 7.28. The number of nitrogens with zero attached hydrogens (tertiary/aromatic N) is 2. The normalized spacial score (nSPS) is 16.9. The van der Waals surface area contributed by atoms with Gasteiger partial charge in [-0.2, -0.15) is 4.31 Å². The van der Waals surface area contributed by atoms with Gasteiger partial charge in [-0.1, -0.05) is 35.9 Å². The Morgan fingerprint density at radius 1 is 0.880 bits per heavy atom. The number of sulfonamides is 1. The van der Waals surface area contributed by atoms with Gasteiger partial charge < -0.3 is 0 Å². The molecule has 1 saturated heterocycles. The zero-order chi connectivity index (χ0) is 18.0. The van der Waals surface area contributed by atoms with Crippen LogP contribution in [0.1, 0.15) is 22.3 Å². The molecule has 0 amide bonds. The Hall–Kier alpha value is -1.69. The first-order chi connectivity index (χ1) is 11.9. The highest BCUT2D eigenvalue weighted by atomic mass is 32.2. The quantitative estimate of drug-likeness (QED) is 0.843. The Morgan fingerprint density at radius 3 is 2.24 bits per heavy atom. The van der Waals surface area contributed by atoms with E-state index in [4.69, 9.17) is 0 Å². The molecule has 1 aliphatic heterocycles. The number of benzene rings is 2. The fourth-order valence-electron chi connectivity index (χ4n) is 3.26. The molecule has 0 saturated carbocycles. The maximum absolute atomic E-state index is 12.8. The topological polar surface area (TPSA) is 40.6 Å². The van der Waals surface area contributed by atoms with Crippen LogP contribution in [0.4, 0.5) is 0 Å². The van der Waals surface area contributed by atoms with Gasteiger partial charge in [0.25, 0.3) is 0 Å². The summed E-state index contributed by atoms with van der Waals surface area (Å²) in [7, 11) is -3.39. The monoisotopic (exact) mass is 358 g/mol. The summed E-state index contributed by atoms with van der Waals surface area (Å²) >= 11 is 0. The van der Waals surface area contributed by atoms with Crippen LogP contribution >= 0.6 is 0 Å². The smallest absolute Gasteiger partial charge is 0.243 e. The third-order valence-electron chi connectivity index (χ3n) is 4.86. The van der Waals surface area contributed by atoms with Gasteiger partial charge in [0.2, 0.25) is 10.0 Å². The highest BCUT2D eigenvalue weighted by Crippen LogP contribution is 2.20. The molecule has 25 heavy (non-hydrogen) atoms. The Morgan fingerprint density at radius 2 is 1.56 bits per heavy atom. The van der Waals surface area contributed by atoms with Gasteiger partial charge in [-0.15, -0.1) is 0 Å². The summed E-state index contributed by atoms with van der Waals surface area (Å²) in [6.07, 6.45) is 0. The predicted octanol–water partition coefficient (Wildman–Crippen LogP) is 3.12. The zero-order valence-corrected chi connectivity index (χ0v) is 16.0. The SMILES string of the molecule is Cc1cccc(S(=O)(=O)N2CCN(Cc3cc(C)ccc3C)CC2)c1. The summed E-state index contributed by atoms with van der Waals surface area (Å²) in [5.41, 5.74) is 4.85. The fraction of sp³-hybridized carbons (Fsp3) is 0.400. The number of piperazine rings is 1. The van der Waals surface area contributed by atoms with Gasteiger partial charge in [-0.05, 0) is 49.6 Å². The molecule has 1 heterocycles. The summed E-state index contributed by atoms with van der Waals surface area (Å²) in [5.74, 6) is 0. The van der Waals surface area contributed by atoms with Crippen LogP contribution < -0.4 is 0 Å². The van der Waals surface area contributed by atoms with Crippen LogP contribution in [0, 0.1) is 20.8 Å². The van der Waals surface area contributed by atoms with Crippen molar-refractivity contribution in [3.05, 3.63) is 64.7 Å². The molecular weight excluding hydrogens is 332 g/mol. The van der Waals surface area contributed by atoms with Crippen LogP contribution in [0.5, 0.6) is 0 Å². The van der Waals surface area contributed by atoms with Crippen molar-refractivity contribution < 1.29 is 8.42 Å². The fourth-order valence-corrected chi connectivity index (χ4v) is 4.79.